The first kappa shape index (κ1) is 27.2. The normalized spacial score (nSPS) is 16.8. The van der Waals surface area contributed by atoms with Gasteiger partial charge in [-0.05, 0) is 92.6 Å². The fourth-order valence-corrected chi connectivity index (χ4v) is 7.11. The summed E-state index contributed by atoms with van der Waals surface area (Å²) < 4.78 is 5.35. The van der Waals surface area contributed by atoms with Crippen LogP contribution >= 0.6 is 34.7 Å². The molecular formula is C27H33ClN2O4S2. The Morgan fingerprint density at radius 3 is 2.83 bits per heavy atom. The van der Waals surface area contributed by atoms with Gasteiger partial charge in [-0.25, -0.2) is 0 Å². The van der Waals surface area contributed by atoms with Gasteiger partial charge in [0.1, 0.15) is 5.75 Å². The topological polar surface area (TPSA) is 82.9 Å². The second-order valence-corrected chi connectivity index (χ2v) is 11.9. The number of halogens is 1. The maximum atomic E-state index is 11.8. The van der Waals surface area contributed by atoms with Gasteiger partial charge in [-0.3, -0.25) is 9.78 Å². The van der Waals surface area contributed by atoms with Gasteiger partial charge in [-0.2, -0.15) is 11.3 Å². The van der Waals surface area contributed by atoms with Crippen molar-refractivity contribution in [3.05, 3.63) is 51.8 Å². The molecule has 0 unspecified atom stereocenters. The Kier molecular flexibility index (Phi) is 9.52. The molecule has 1 fully saturated rings. The van der Waals surface area contributed by atoms with Gasteiger partial charge >= 0.3 is 5.97 Å². The fraction of sp³-hybridized carbons (Fsp3) is 0.481. The number of fused-ring (bicyclic) bond motifs is 1. The molecule has 0 saturated carbocycles. The molecule has 1 atom stereocenters. The van der Waals surface area contributed by atoms with Crippen LogP contribution in [0.2, 0.25) is 5.02 Å². The number of rotatable bonds is 12. The highest BCUT2D eigenvalue weighted by Gasteiger charge is 2.37. The molecule has 1 saturated heterocycles. The molecule has 1 aliphatic rings. The number of aliphatic hydroxyl groups excluding tert-OH is 1. The van der Waals surface area contributed by atoms with Crippen LogP contribution in [0.5, 0.6) is 5.75 Å². The summed E-state index contributed by atoms with van der Waals surface area (Å²) in [5.41, 5.74) is 1.05. The second kappa shape index (κ2) is 12.6. The number of carboxylic acids is 1. The zero-order valence-corrected chi connectivity index (χ0v) is 22.9. The average Bonchev–Trinajstić information content (AvgIpc) is 3.39. The molecule has 0 radical (unpaired) electrons. The van der Waals surface area contributed by atoms with Gasteiger partial charge in [-0.15, -0.1) is 11.8 Å². The summed E-state index contributed by atoms with van der Waals surface area (Å²) in [6.07, 6.45) is 4.71. The van der Waals surface area contributed by atoms with Gasteiger partial charge in [-0.1, -0.05) is 11.6 Å². The third-order valence-electron chi connectivity index (χ3n) is 7.17. The number of aliphatic carboxylic acids is 1. The van der Waals surface area contributed by atoms with Crippen LogP contribution in [0.15, 0.2) is 46.1 Å². The lowest BCUT2D eigenvalue weighted by Crippen LogP contribution is -2.41. The van der Waals surface area contributed by atoms with E-state index in [9.17, 15) is 15.0 Å². The van der Waals surface area contributed by atoms with Gasteiger partial charge in [0.2, 0.25) is 0 Å². The highest BCUT2D eigenvalue weighted by Crippen LogP contribution is 2.43. The number of aliphatic hydroxyl groups is 1. The van der Waals surface area contributed by atoms with E-state index in [2.05, 4.69) is 26.7 Å². The number of nitrogens with zero attached hydrogens (tertiary/aromatic N) is 2. The van der Waals surface area contributed by atoms with Crippen molar-refractivity contribution in [1.29, 1.82) is 0 Å². The predicted molar refractivity (Wildman–Crippen MR) is 148 cm³/mol. The molecule has 194 valence electrons. The SMILES string of the molecule is COc1ccc2ncc(Cl)c([C@@H](O)CCC3(CC(=O)O)CCN(CCCSc4ccsc4)CC3)c2c1. The van der Waals surface area contributed by atoms with Crippen molar-refractivity contribution in [2.24, 2.45) is 5.41 Å². The van der Waals surface area contributed by atoms with E-state index in [1.165, 1.54) is 4.90 Å². The molecule has 6 nitrogen and oxygen atoms in total. The Labute approximate surface area is 225 Å². The minimum Gasteiger partial charge on any atom is -0.497 e. The molecule has 2 N–H and O–H groups in total. The van der Waals surface area contributed by atoms with Crippen LogP contribution < -0.4 is 4.74 Å². The molecule has 1 aliphatic heterocycles. The van der Waals surface area contributed by atoms with Crippen LogP contribution in [0, 0.1) is 5.41 Å². The Balaban J connectivity index is 1.37. The monoisotopic (exact) mass is 548 g/mol. The summed E-state index contributed by atoms with van der Waals surface area (Å²) >= 11 is 10.1. The van der Waals surface area contributed by atoms with Crippen molar-refractivity contribution in [3.63, 3.8) is 0 Å². The minimum atomic E-state index is -0.812. The van der Waals surface area contributed by atoms with Crippen LogP contribution in [0.4, 0.5) is 0 Å². The Bertz CT molecular complexity index is 1150. The van der Waals surface area contributed by atoms with E-state index in [1.807, 2.05) is 30.0 Å². The third kappa shape index (κ3) is 6.92. The lowest BCUT2D eigenvalue weighted by atomic mass is 9.71. The molecular weight excluding hydrogens is 516 g/mol. The van der Waals surface area contributed by atoms with Crippen LogP contribution in [0.25, 0.3) is 10.9 Å². The summed E-state index contributed by atoms with van der Waals surface area (Å²) in [5, 5.41) is 26.3. The number of piperidine rings is 1. The van der Waals surface area contributed by atoms with Gasteiger partial charge in [0.15, 0.2) is 0 Å². The molecule has 4 rings (SSSR count). The van der Waals surface area contributed by atoms with E-state index < -0.39 is 12.1 Å². The molecule has 3 aromatic rings. The van der Waals surface area contributed by atoms with E-state index in [4.69, 9.17) is 16.3 Å². The average molecular weight is 549 g/mol. The Hall–Kier alpha value is -1.84. The maximum absolute atomic E-state index is 11.8. The van der Waals surface area contributed by atoms with Gasteiger partial charge < -0.3 is 19.8 Å². The standard InChI is InChI=1S/C27H33ClN2O4S2/c1-34-19-3-4-23-21(15-19)26(22(28)17-29-23)24(31)5-7-27(16-25(32)33)8-11-30(12-9-27)10-2-13-36-20-6-14-35-18-20/h3-4,6,14-15,17-18,24,31H,2,5,7-13,16H2,1H3,(H,32,33)/t24-/m0/s1. The quantitative estimate of drug-likeness (QED) is 0.197. The Morgan fingerprint density at radius 2 is 2.14 bits per heavy atom. The number of pyridine rings is 1. The number of carboxylic acid groups (broad SMARTS) is 1. The number of aromatic nitrogens is 1. The molecule has 2 aromatic heterocycles. The first-order valence-electron chi connectivity index (χ1n) is 12.3. The van der Waals surface area contributed by atoms with Gasteiger partial charge in [0.25, 0.3) is 0 Å². The molecule has 0 bridgehead atoms. The van der Waals surface area contributed by atoms with Crippen LogP contribution in [-0.4, -0.2) is 58.6 Å². The first-order chi connectivity index (χ1) is 17.4. The van der Waals surface area contributed by atoms with Crippen molar-refractivity contribution in [1.82, 2.24) is 9.88 Å². The number of ether oxygens (including phenoxy) is 1. The molecule has 0 aliphatic carbocycles. The van der Waals surface area contributed by atoms with Crippen LogP contribution in [0.3, 0.4) is 0 Å². The molecule has 3 heterocycles. The molecule has 9 heteroatoms. The van der Waals surface area contributed by atoms with E-state index in [-0.39, 0.29) is 11.8 Å². The highest BCUT2D eigenvalue weighted by atomic mass is 35.5. The van der Waals surface area contributed by atoms with E-state index in [0.717, 1.165) is 55.6 Å². The number of thiophene rings is 1. The summed E-state index contributed by atoms with van der Waals surface area (Å²) in [7, 11) is 1.60. The second-order valence-electron chi connectivity index (χ2n) is 9.53. The summed E-state index contributed by atoms with van der Waals surface area (Å²) in [4.78, 5) is 19.9. The van der Waals surface area contributed by atoms with E-state index >= 15 is 0 Å². The van der Waals surface area contributed by atoms with E-state index in [1.54, 1.807) is 24.6 Å². The number of benzene rings is 1. The number of hydrogen-bond donors (Lipinski definition) is 2. The summed E-state index contributed by atoms with van der Waals surface area (Å²) in [6, 6.07) is 7.68. The smallest absolute Gasteiger partial charge is 0.303 e. The first-order valence-corrected chi connectivity index (χ1v) is 14.6. The predicted octanol–water partition coefficient (Wildman–Crippen LogP) is 6.51. The summed E-state index contributed by atoms with van der Waals surface area (Å²) in [6.45, 7) is 2.81. The maximum Gasteiger partial charge on any atom is 0.303 e. The summed E-state index contributed by atoms with van der Waals surface area (Å²) in [5.74, 6) is 0.983. The van der Waals surface area contributed by atoms with E-state index in [0.29, 0.717) is 29.2 Å². The lowest BCUT2D eigenvalue weighted by Gasteiger charge is -2.41. The van der Waals surface area contributed by atoms with Crippen molar-refractivity contribution < 1.29 is 19.7 Å². The number of carbonyl (C=O) groups is 1. The van der Waals surface area contributed by atoms with Crippen LogP contribution in [0.1, 0.15) is 50.2 Å². The van der Waals surface area contributed by atoms with Crippen molar-refractivity contribution in [2.75, 3.05) is 32.5 Å². The van der Waals surface area contributed by atoms with Crippen molar-refractivity contribution in [2.45, 2.75) is 49.5 Å². The molecule has 0 amide bonds. The van der Waals surface area contributed by atoms with Crippen molar-refractivity contribution in [3.8, 4) is 5.75 Å². The molecule has 1 aromatic carbocycles. The van der Waals surface area contributed by atoms with Crippen molar-refractivity contribution >= 4 is 51.6 Å². The largest absolute Gasteiger partial charge is 0.497 e. The lowest BCUT2D eigenvalue weighted by molar-refractivity contribution is -0.141. The number of thioether (sulfide) groups is 1. The van der Waals surface area contributed by atoms with Crippen LogP contribution in [-0.2, 0) is 4.79 Å². The van der Waals surface area contributed by atoms with Gasteiger partial charge in [0, 0.05) is 27.4 Å². The fourth-order valence-electron chi connectivity index (χ4n) is 5.12. The number of likely N-dealkylation sites (tertiary alicyclic amines) is 1. The Morgan fingerprint density at radius 1 is 1.33 bits per heavy atom. The third-order valence-corrected chi connectivity index (χ3v) is 9.39. The minimum absolute atomic E-state index is 0.125. The molecule has 36 heavy (non-hydrogen) atoms. The van der Waals surface area contributed by atoms with Gasteiger partial charge in [0.05, 0.1) is 30.2 Å². The number of hydrogen-bond acceptors (Lipinski definition) is 7. The zero-order chi connectivity index (χ0) is 25.5. The number of methoxy groups -OCH3 is 1. The molecule has 0 spiro atoms. The highest BCUT2D eigenvalue weighted by molar-refractivity contribution is 7.99. The zero-order valence-electron chi connectivity index (χ0n) is 20.5.